The molecule has 212 valence electrons. The zero-order chi connectivity index (χ0) is 29.1. The number of carbonyl (C=O) groups is 2. The lowest BCUT2D eigenvalue weighted by atomic mass is 9.95. The van der Waals surface area contributed by atoms with E-state index < -0.39 is 17.7 Å². The van der Waals surface area contributed by atoms with Crippen molar-refractivity contribution in [2.45, 2.75) is 26.3 Å². The highest BCUT2D eigenvalue weighted by Gasteiger charge is 2.48. The second kappa shape index (κ2) is 11.9. The van der Waals surface area contributed by atoms with Crippen molar-refractivity contribution in [3.05, 3.63) is 77.4 Å². The number of aliphatic hydroxyl groups is 1. The molecule has 1 fully saturated rings. The summed E-state index contributed by atoms with van der Waals surface area (Å²) in [4.78, 5) is 33.2. The quantitative estimate of drug-likeness (QED) is 0.137. The van der Waals surface area contributed by atoms with E-state index in [1.54, 1.807) is 42.5 Å². The smallest absolute Gasteiger partial charge is 0.301 e. The van der Waals surface area contributed by atoms with Crippen molar-refractivity contribution in [3.63, 3.8) is 0 Å². The normalized spacial score (nSPS) is 16.3. The van der Waals surface area contributed by atoms with Crippen LogP contribution in [0.1, 0.15) is 37.4 Å². The summed E-state index contributed by atoms with van der Waals surface area (Å²) in [7, 11) is 3.03. The molecule has 1 aromatic heterocycles. The molecule has 1 aliphatic rings. The highest BCUT2D eigenvalue weighted by molar-refractivity contribution is 7.22. The minimum absolute atomic E-state index is 0.0568. The lowest BCUT2D eigenvalue weighted by Gasteiger charge is -2.23. The second-order valence-corrected chi connectivity index (χ2v) is 10.2. The molecule has 1 atom stereocenters. The summed E-state index contributed by atoms with van der Waals surface area (Å²) in [5.41, 5.74) is 1.52. The molecule has 3 aromatic carbocycles. The molecule has 5 rings (SSSR count). The Morgan fingerprint density at radius 2 is 1.66 bits per heavy atom. The van der Waals surface area contributed by atoms with E-state index in [1.165, 1.54) is 30.5 Å². The molecule has 1 amide bonds. The van der Waals surface area contributed by atoms with E-state index in [1.807, 2.05) is 32.0 Å². The predicted octanol–water partition coefficient (Wildman–Crippen LogP) is 6.13. The fraction of sp³-hybridized carbons (Fsp3) is 0.258. The number of fused-ring (bicyclic) bond motifs is 1. The van der Waals surface area contributed by atoms with Gasteiger partial charge in [0.2, 0.25) is 0 Å². The minimum atomic E-state index is -0.974. The minimum Gasteiger partial charge on any atom is -0.507 e. The summed E-state index contributed by atoms with van der Waals surface area (Å²) in [6.45, 7) is 4.98. The van der Waals surface area contributed by atoms with E-state index in [0.29, 0.717) is 58.0 Å². The number of methoxy groups -OCH3 is 2. The number of amides is 1. The van der Waals surface area contributed by atoms with Crippen molar-refractivity contribution in [1.29, 1.82) is 0 Å². The lowest BCUT2D eigenvalue weighted by Crippen LogP contribution is -2.29. The molecule has 4 aromatic rings. The van der Waals surface area contributed by atoms with Gasteiger partial charge in [0.15, 0.2) is 16.6 Å². The van der Waals surface area contributed by atoms with Crippen molar-refractivity contribution >= 4 is 44.1 Å². The number of Topliss-reactive ketones (excluding diaryl/α,β-unsaturated/α-hetero) is 1. The van der Waals surface area contributed by atoms with E-state index in [4.69, 9.17) is 18.9 Å². The molecule has 1 unspecified atom stereocenters. The largest absolute Gasteiger partial charge is 0.507 e. The standard InChI is InChI=1S/C31H30N2O7S/c1-5-15-40-20-10-7-18(8-11-20)28(34)26-27(19-9-14-23(37-3)24(16-19)38-4)33(30(36)29(26)35)31-32-22-13-12-21(39-6-2)17-25(22)41-31/h7-14,16-17,27,34H,5-6,15H2,1-4H3. The van der Waals surface area contributed by atoms with Crippen LogP contribution in [0.3, 0.4) is 0 Å². The van der Waals surface area contributed by atoms with Crippen LogP contribution in [0.5, 0.6) is 23.0 Å². The van der Waals surface area contributed by atoms with Crippen molar-refractivity contribution in [3.8, 4) is 23.0 Å². The van der Waals surface area contributed by atoms with Crippen LogP contribution in [0.15, 0.2) is 66.2 Å². The number of ether oxygens (including phenoxy) is 4. The van der Waals surface area contributed by atoms with Gasteiger partial charge in [-0.2, -0.15) is 0 Å². The number of carbonyl (C=O) groups excluding carboxylic acids is 2. The number of rotatable bonds is 10. The van der Waals surface area contributed by atoms with E-state index in [9.17, 15) is 14.7 Å². The van der Waals surface area contributed by atoms with Crippen molar-refractivity contribution in [1.82, 2.24) is 4.98 Å². The number of hydrogen-bond acceptors (Lipinski definition) is 9. The van der Waals surface area contributed by atoms with E-state index in [-0.39, 0.29) is 11.3 Å². The van der Waals surface area contributed by atoms with Crippen LogP contribution < -0.4 is 23.8 Å². The number of benzene rings is 3. The molecule has 2 heterocycles. The van der Waals surface area contributed by atoms with Gasteiger partial charge in [-0.25, -0.2) is 4.98 Å². The fourth-order valence-electron chi connectivity index (χ4n) is 4.70. The first kappa shape index (κ1) is 28.0. The number of anilines is 1. The van der Waals surface area contributed by atoms with Gasteiger partial charge >= 0.3 is 5.91 Å². The van der Waals surface area contributed by atoms with Crippen LogP contribution in [-0.2, 0) is 9.59 Å². The highest BCUT2D eigenvalue weighted by atomic mass is 32.1. The fourth-order valence-corrected chi connectivity index (χ4v) is 5.73. The monoisotopic (exact) mass is 574 g/mol. The second-order valence-electron chi connectivity index (χ2n) is 9.22. The van der Waals surface area contributed by atoms with Gasteiger partial charge < -0.3 is 24.1 Å². The first-order valence-corrected chi connectivity index (χ1v) is 14.0. The van der Waals surface area contributed by atoms with Crippen molar-refractivity contribution < 1.29 is 33.6 Å². The Kier molecular flexibility index (Phi) is 8.11. The molecular weight excluding hydrogens is 544 g/mol. The van der Waals surface area contributed by atoms with Crippen molar-refractivity contribution in [2.24, 2.45) is 0 Å². The van der Waals surface area contributed by atoms with Gasteiger partial charge in [0.1, 0.15) is 17.3 Å². The Balaban J connectivity index is 1.66. The molecule has 41 heavy (non-hydrogen) atoms. The van der Waals surface area contributed by atoms with Gasteiger partial charge in [-0.3, -0.25) is 14.5 Å². The Hall–Kier alpha value is -4.57. The number of aromatic nitrogens is 1. The Labute approximate surface area is 241 Å². The van der Waals surface area contributed by atoms with Crippen molar-refractivity contribution in [2.75, 3.05) is 32.3 Å². The third-order valence-corrected chi connectivity index (χ3v) is 7.65. The maximum Gasteiger partial charge on any atom is 0.301 e. The molecule has 0 spiro atoms. The first-order valence-electron chi connectivity index (χ1n) is 13.2. The molecular formula is C31H30N2O7S. The Morgan fingerprint density at radius 1 is 0.927 bits per heavy atom. The number of thiazole rings is 1. The Morgan fingerprint density at radius 3 is 2.34 bits per heavy atom. The summed E-state index contributed by atoms with van der Waals surface area (Å²) < 4.78 is 23.0. The molecule has 10 heteroatoms. The van der Waals surface area contributed by atoms with Gasteiger partial charge in [0.05, 0.1) is 49.3 Å². The third-order valence-electron chi connectivity index (χ3n) is 6.63. The van der Waals surface area contributed by atoms with E-state index in [0.717, 1.165) is 11.1 Å². The summed E-state index contributed by atoms with van der Waals surface area (Å²) in [5, 5.41) is 11.8. The molecule has 1 saturated heterocycles. The number of ketones is 1. The average molecular weight is 575 g/mol. The van der Waals surface area contributed by atoms with E-state index in [2.05, 4.69) is 4.98 Å². The number of aliphatic hydroxyl groups excluding tert-OH is 1. The molecule has 1 aliphatic heterocycles. The van der Waals surface area contributed by atoms with Crippen LogP contribution in [0.2, 0.25) is 0 Å². The zero-order valence-corrected chi connectivity index (χ0v) is 24.0. The summed E-state index contributed by atoms with van der Waals surface area (Å²) >= 11 is 1.26. The molecule has 1 N–H and O–H groups in total. The van der Waals surface area contributed by atoms with Gasteiger partial charge in [-0.05, 0) is 73.5 Å². The topological polar surface area (TPSA) is 107 Å². The molecule has 0 radical (unpaired) electrons. The van der Waals surface area contributed by atoms with Crippen LogP contribution in [0.4, 0.5) is 5.13 Å². The summed E-state index contributed by atoms with van der Waals surface area (Å²) in [6, 6.07) is 16.4. The van der Waals surface area contributed by atoms with Gasteiger partial charge in [-0.15, -0.1) is 0 Å². The summed E-state index contributed by atoms with van der Waals surface area (Å²) in [6.07, 6.45) is 0.856. The molecule has 0 saturated carbocycles. The maximum atomic E-state index is 13.6. The zero-order valence-electron chi connectivity index (χ0n) is 23.2. The van der Waals surface area contributed by atoms with Gasteiger partial charge in [0, 0.05) is 5.56 Å². The lowest BCUT2D eigenvalue weighted by molar-refractivity contribution is -0.132. The molecule has 9 nitrogen and oxygen atoms in total. The van der Waals surface area contributed by atoms with Gasteiger partial charge in [0.25, 0.3) is 5.78 Å². The average Bonchev–Trinajstić information content (AvgIpc) is 3.53. The van der Waals surface area contributed by atoms with Crippen LogP contribution in [0.25, 0.3) is 16.0 Å². The predicted molar refractivity (Wildman–Crippen MR) is 157 cm³/mol. The summed E-state index contributed by atoms with van der Waals surface area (Å²) in [5.74, 6) is 0.313. The molecule has 0 bridgehead atoms. The first-order chi connectivity index (χ1) is 19.9. The number of hydrogen-bond donors (Lipinski definition) is 1. The third kappa shape index (κ3) is 5.30. The SMILES string of the molecule is CCCOc1ccc(C(O)=C2C(=O)C(=O)N(c3nc4ccc(OCC)cc4s3)C2c2ccc(OC)c(OC)c2)cc1. The van der Waals surface area contributed by atoms with Gasteiger partial charge in [-0.1, -0.05) is 24.3 Å². The highest BCUT2D eigenvalue weighted by Crippen LogP contribution is 2.46. The molecule has 0 aliphatic carbocycles. The van der Waals surface area contributed by atoms with E-state index >= 15 is 0 Å². The maximum absolute atomic E-state index is 13.6. The van der Waals surface area contributed by atoms with Crippen LogP contribution in [-0.4, -0.2) is 49.2 Å². The Bertz CT molecular complexity index is 1630. The van der Waals surface area contributed by atoms with Crippen LogP contribution >= 0.6 is 11.3 Å². The number of nitrogens with zero attached hydrogens (tertiary/aromatic N) is 2. The van der Waals surface area contributed by atoms with Crippen LogP contribution in [0, 0.1) is 0 Å².